The van der Waals surface area contributed by atoms with Gasteiger partial charge >= 0.3 is 0 Å². The Morgan fingerprint density at radius 1 is 0.969 bits per heavy atom. The number of aliphatic hydroxyl groups is 3. The van der Waals surface area contributed by atoms with Crippen LogP contribution >= 0.6 is 0 Å². The Hall–Kier alpha value is -0.640. The molecular formula is C29H48O3. The smallest absolute Gasteiger partial charge is 0.0602 e. The average Bonchev–Trinajstić information content (AvgIpc) is 3.47. The van der Waals surface area contributed by atoms with Gasteiger partial charge < -0.3 is 15.3 Å². The molecule has 3 N–H and O–H groups in total. The fourth-order valence-electron chi connectivity index (χ4n) is 8.16. The van der Waals surface area contributed by atoms with Crippen molar-refractivity contribution in [3.63, 3.8) is 0 Å². The van der Waals surface area contributed by atoms with Crippen LogP contribution in [0.15, 0.2) is 23.3 Å². The van der Waals surface area contributed by atoms with Gasteiger partial charge in [-0.2, -0.15) is 0 Å². The van der Waals surface area contributed by atoms with Gasteiger partial charge in [0.1, 0.15) is 0 Å². The molecule has 0 saturated heterocycles. The molecule has 0 aromatic carbocycles. The van der Waals surface area contributed by atoms with Crippen LogP contribution in [-0.4, -0.2) is 33.1 Å². The lowest BCUT2D eigenvalue weighted by Gasteiger charge is -2.50. The van der Waals surface area contributed by atoms with Crippen LogP contribution in [0, 0.1) is 28.6 Å². The van der Waals surface area contributed by atoms with Crippen LogP contribution in [0.25, 0.3) is 0 Å². The zero-order chi connectivity index (χ0) is 23.1. The largest absolute Gasteiger partial charge is 0.393 e. The van der Waals surface area contributed by atoms with Crippen LogP contribution in [0.3, 0.4) is 0 Å². The molecule has 4 aliphatic rings. The number of fused-ring (bicyclic) bond motifs is 1. The van der Waals surface area contributed by atoms with E-state index in [-0.39, 0.29) is 12.2 Å². The molecule has 0 heterocycles. The lowest BCUT2D eigenvalue weighted by molar-refractivity contribution is 0.00448. The molecule has 3 heteroatoms. The molecule has 32 heavy (non-hydrogen) atoms. The minimum atomic E-state index is -0.554. The van der Waals surface area contributed by atoms with Crippen LogP contribution < -0.4 is 0 Å². The minimum absolute atomic E-state index is 0.389. The number of rotatable bonds is 7. The first-order chi connectivity index (χ1) is 15.0. The van der Waals surface area contributed by atoms with Crippen molar-refractivity contribution in [2.45, 2.75) is 129 Å². The van der Waals surface area contributed by atoms with Crippen molar-refractivity contribution in [1.29, 1.82) is 0 Å². The molecule has 4 saturated carbocycles. The van der Waals surface area contributed by atoms with Gasteiger partial charge in [0.15, 0.2) is 0 Å². The third kappa shape index (κ3) is 5.20. The molecule has 4 rings (SSSR count). The molecule has 6 atom stereocenters. The summed E-state index contributed by atoms with van der Waals surface area (Å²) in [4.78, 5) is 0. The lowest BCUT2D eigenvalue weighted by Crippen LogP contribution is -2.42. The number of aliphatic hydroxyl groups excluding tert-OH is 2. The number of allylic oxidation sites excluding steroid dienone is 3. The van der Waals surface area contributed by atoms with E-state index in [9.17, 15) is 15.3 Å². The Morgan fingerprint density at radius 3 is 2.28 bits per heavy atom. The van der Waals surface area contributed by atoms with Crippen molar-refractivity contribution < 1.29 is 15.3 Å². The monoisotopic (exact) mass is 444 g/mol. The van der Waals surface area contributed by atoms with Crippen LogP contribution in [0.2, 0.25) is 0 Å². The second-order valence-electron chi connectivity index (χ2n) is 13.0. The van der Waals surface area contributed by atoms with Gasteiger partial charge in [-0.25, -0.2) is 0 Å². The summed E-state index contributed by atoms with van der Waals surface area (Å²) in [5.41, 5.74) is 3.08. The second-order valence-corrected chi connectivity index (χ2v) is 13.0. The molecule has 0 aliphatic heterocycles. The third-order valence-corrected chi connectivity index (χ3v) is 9.85. The highest BCUT2D eigenvalue weighted by molar-refractivity contribution is 5.27. The van der Waals surface area contributed by atoms with Gasteiger partial charge in [0, 0.05) is 0 Å². The predicted octanol–water partition coefficient (Wildman–Crippen LogP) is 6.32. The Balaban J connectivity index is 1.51. The van der Waals surface area contributed by atoms with Gasteiger partial charge in [-0.3, -0.25) is 0 Å². The van der Waals surface area contributed by atoms with Gasteiger partial charge in [-0.05, 0) is 119 Å². The van der Waals surface area contributed by atoms with E-state index in [0.717, 1.165) is 24.7 Å². The maximum atomic E-state index is 10.3. The van der Waals surface area contributed by atoms with Crippen LogP contribution in [0.1, 0.15) is 111 Å². The summed E-state index contributed by atoms with van der Waals surface area (Å²) in [5.74, 6) is 2.35. The molecule has 1 unspecified atom stereocenters. The van der Waals surface area contributed by atoms with Crippen molar-refractivity contribution in [3.05, 3.63) is 23.3 Å². The van der Waals surface area contributed by atoms with E-state index in [4.69, 9.17) is 0 Å². The average molecular weight is 445 g/mol. The molecule has 3 nitrogen and oxygen atoms in total. The van der Waals surface area contributed by atoms with Gasteiger partial charge in [0.05, 0.1) is 17.8 Å². The van der Waals surface area contributed by atoms with Crippen molar-refractivity contribution in [1.82, 2.24) is 0 Å². The van der Waals surface area contributed by atoms with Crippen LogP contribution in [0.4, 0.5) is 0 Å². The van der Waals surface area contributed by atoms with E-state index in [1.54, 1.807) is 5.57 Å². The molecule has 0 radical (unpaired) electrons. The van der Waals surface area contributed by atoms with Crippen molar-refractivity contribution >= 4 is 0 Å². The fourth-order valence-corrected chi connectivity index (χ4v) is 8.16. The zero-order valence-electron chi connectivity index (χ0n) is 21.1. The summed E-state index contributed by atoms with van der Waals surface area (Å²) in [6.07, 6.45) is 18.4. The first kappa shape index (κ1) is 24.5. The van der Waals surface area contributed by atoms with Gasteiger partial charge in [0.25, 0.3) is 0 Å². The Morgan fingerprint density at radius 2 is 1.66 bits per heavy atom. The van der Waals surface area contributed by atoms with Crippen molar-refractivity contribution in [3.8, 4) is 0 Å². The van der Waals surface area contributed by atoms with Crippen molar-refractivity contribution in [2.24, 2.45) is 28.6 Å². The van der Waals surface area contributed by atoms with E-state index in [1.807, 2.05) is 13.8 Å². The topological polar surface area (TPSA) is 60.7 Å². The maximum Gasteiger partial charge on any atom is 0.0602 e. The zero-order valence-corrected chi connectivity index (χ0v) is 21.1. The fraction of sp³-hybridized carbons (Fsp3) is 0.862. The summed E-state index contributed by atoms with van der Waals surface area (Å²) in [6, 6.07) is 0. The first-order valence-electron chi connectivity index (χ1n) is 13.5. The van der Waals surface area contributed by atoms with Crippen molar-refractivity contribution in [2.75, 3.05) is 0 Å². The lowest BCUT2D eigenvalue weighted by atomic mass is 9.55. The normalized spacial score (nSPS) is 40.5. The molecular weight excluding hydrogens is 396 g/mol. The second kappa shape index (κ2) is 9.19. The Bertz CT molecular complexity index is 715. The first-order valence-corrected chi connectivity index (χ1v) is 13.5. The highest BCUT2D eigenvalue weighted by Gasteiger charge is 2.58. The van der Waals surface area contributed by atoms with Crippen LogP contribution in [0.5, 0.6) is 0 Å². The molecule has 0 bridgehead atoms. The third-order valence-electron chi connectivity index (χ3n) is 9.85. The molecule has 4 fully saturated rings. The van der Waals surface area contributed by atoms with Gasteiger partial charge in [-0.1, -0.05) is 43.6 Å². The predicted molar refractivity (Wildman–Crippen MR) is 131 cm³/mol. The van der Waals surface area contributed by atoms with Gasteiger partial charge in [0.2, 0.25) is 0 Å². The summed E-state index contributed by atoms with van der Waals surface area (Å²) in [6.45, 7) is 9.09. The number of hydrogen-bond acceptors (Lipinski definition) is 3. The standard InChI is InChI=1S/C29H48O3/c1-27(2,32)14-6-16-28(3,22-10-11-22)26-13-12-25-21(7-5-15-29(25,26)4)9-8-20-17-23(30)19-24(31)18-20/h8-9,22-26,30-32H,5-7,10-19H2,1-4H3/b20-8?,21-9+/t23-,24?,25+,26-,28-,29+/m1/s1. The molecule has 0 aromatic rings. The summed E-state index contributed by atoms with van der Waals surface area (Å²) in [7, 11) is 0. The summed E-state index contributed by atoms with van der Waals surface area (Å²) in [5, 5.41) is 30.4. The Labute approximate surface area is 196 Å². The highest BCUT2D eigenvalue weighted by atomic mass is 16.3. The molecule has 182 valence electrons. The molecule has 0 amide bonds. The minimum Gasteiger partial charge on any atom is -0.393 e. The SMILES string of the molecule is CC(C)(O)CCC[C@](C)(C1CC1)[C@H]1CC[C@H]2/C(=C/C=C3CC(O)C[C@H](O)C3)CCC[C@@]21C. The quantitative estimate of drug-likeness (QED) is 0.431. The van der Waals surface area contributed by atoms with E-state index in [2.05, 4.69) is 26.0 Å². The summed E-state index contributed by atoms with van der Waals surface area (Å²) >= 11 is 0. The van der Waals surface area contributed by atoms with Crippen LogP contribution in [-0.2, 0) is 0 Å². The highest BCUT2D eigenvalue weighted by Crippen LogP contribution is 2.67. The number of hydrogen-bond donors (Lipinski definition) is 3. The van der Waals surface area contributed by atoms with E-state index in [0.29, 0.717) is 36.0 Å². The molecule has 0 aromatic heterocycles. The van der Waals surface area contributed by atoms with Gasteiger partial charge in [-0.15, -0.1) is 0 Å². The molecule has 4 aliphatic carbocycles. The van der Waals surface area contributed by atoms with E-state index in [1.165, 1.54) is 56.9 Å². The maximum absolute atomic E-state index is 10.3. The van der Waals surface area contributed by atoms with E-state index >= 15 is 0 Å². The van der Waals surface area contributed by atoms with E-state index < -0.39 is 5.60 Å². The summed E-state index contributed by atoms with van der Waals surface area (Å²) < 4.78 is 0. The molecule has 0 spiro atoms. The Kier molecular flexibility index (Phi) is 7.03.